The minimum atomic E-state index is -0.990. The van der Waals surface area contributed by atoms with Gasteiger partial charge < -0.3 is 24.8 Å². The summed E-state index contributed by atoms with van der Waals surface area (Å²) in [6.45, 7) is 5.15. The van der Waals surface area contributed by atoms with Gasteiger partial charge in [0.15, 0.2) is 0 Å². The monoisotopic (exact) mass is 522 g/mol. The Hall–Kier alpha value is -3.71. The van der Waals surface area contributed by atoms with E-state index in [1.807, 2.05) is 51.2 Å². The molecule has 7 nitrogen and oxygen atoms in total. The number of para-hydroxylation sites is 2. The minimum absolute atomic E-state index is 0.123. The van der Waals surface area contributed by atoms with Crippen LogP contribution in [0.5, 0.6) is 11.5 Å². The van der Waals surface area contributed by atoms with Gasteiger partial charge in [-0.2, -0.15) is 0 Å². The van der Waals surface area contributed by atoms with Crippen LogP contribution < -0.4 is 19.7 Å². The normalized spacial score (nSPS) is 14.5. The number of nitrogens with one attached hydrogen (secondary N) is 1. The third-order valence-corrected chi connectivity index (χ3v) is 6.83. The van der Waals surface area contributed by atoms with Gasteiger partial charge in [0, 0.05) is 23.3 Å². The van der Waals surface area contributed by atoms with E-state index in [1.54, 1.807) is 24.3 Å². The molecule has 0 spiro atoms. The lowest BCUT2D eigenvalue weighted by Crippen LogP contribution is -2.41. The number of carbonyl (C=O) groups is 2. The summed E-state index contributed by atoms with van der Waals surface area (Å²) in [5.74, 6) is 0.332. The summed E-state index contributed by atoms with van der Waals surface area (Å²) < 4.78 is 12.4. The van der Waals surface area contributed by atoms with E-state index in [0.29, 0.717) is 47.8 Å². The molecule has 8 heteroatoms. The van der Waals surface area contributed by atoms with E-state index < -0.39 is 5.97 Å². The molecule has 1 atom stereocenters. The average Bonchev–Trinajstić information content (AvgIpc) is 2.88. The van der Waals surface area contributed by atoms with E-state index in [1.165, 1.54) is 0 Å². The summed E-state index contributed by atoms with van der Waals surface area (Å²) in [6.07, 6.45) is 1.02. The summed E-state index contributed by atoms with van der Waals surface area (Å²) in [5, 5.41) is 12.3. The number of hydrogen-bond donors (Lipinski definition) is 2. The van der Waals surface area contributed by atoms with Gasteiger partial charge in [0.1, 0.15) is 24.2 Å². The quantitative estimate of drug-likeness (QED) is 0.379. The van der Waals surface area contributed by atoms with E-state index in [0.717, 1.165) is 28.3 Å². The highest BCUT2D eigenvalue weighted by atomic mass is 35.5. The first-order chi connectivity index (χ1) is 17.8. The Morgan fingerprint density at radius 3 is 2.59 bits per heavy atom. The van der Waals surface area contributed by atoms with Crippen LogP contribution >= 0.6 is 11.6 Å². The molecule has 3 aromatic carbocycles. The molecule has 194 valence electrons. The number of rotatable bonds is 9. The zero-order chi connectivity index (χ0) is 26.5. The van der Waals surface area contributed by atoms with Crippen molar-refractivity contribution in [2.45, 2.75) is 39.2 Å². The number of nitrogens with zero attached hydrogens (tertiary/aromatic N) is 1. The molecule has 1 amide bonds. The largest absolute Gasteiger partial charge is 0.489 e. The van der Waals surface area contributed by atoms with Crippen molar-refractivity contribution in [3.8, 4) is 11.5 Å². The number of fused-ring (bicyclic) bond motifs is 1. The van der Waals surface area contributed by atoms with Gasteiger partial charge in [-0.05, 0) is 72.0 Å². The van der Waals surface area contributed by atoms with Crippen LogP contribution in [-0.2, 0) is 24.1 Å². The summed E-state index contributed by atoms with van der Waals surface area (Å²) in [7, 11) is 2.04. The second-order valence-corrected chi connectivity index (χ2v) is 9.41. The molecule has 3 aromatic rings. The zero-order valence-corrected chi connectivity index (χ0v) is 22.0. The molecule has 0 radical (unpaired) electrons. The van der Waals surface area contributed by atoms with Crippen LogP contribution in [0.15, 0.2) is 54.6 Å². The maximum atomic E-state index is 13.2. The molecule has 0 aliphatic carbocycles. The number of hydrogen-bond acceptors (Lipinski definition) is 5. The van der Waals surface area contributed by atoms with Gasteiger partial charge >= 0.3 is 5.97 Å². The standard InChI is InChI=1S/C29H31ClN2O5/c1-4-21-22(5-2)26(36-17-20-16-32(3)25-8-6-7-9-27(25)37-20)13-11-23(21)29(35)31-19-10-12-24(30)18(14-19)15-28(33)34/h6-14,20H,4-5,15-17H2,1-3H3,(H,31,35)(H,33,34)/t20-/m0/s1. The Balaban J connectivity index is 1.51. The lowest BCUT2D eigenvalue weighted by Gasteiger charge is -2.33. The maximum absolute atomic E-state index is 13.2. The summed E-state index contributed by atoms with van der Waals surface area (Å²) in [6, 6.07) is 16.4. The van der Waals surface area contributed by atoms with E-state index in [4.69, 9.17) is 26.2 Å². The van der Waals surface area contributed by atoms with Crippen molar-refractivity contribution >= 4 is 34.9 Å². The van der Waals surface area contributed by atoms with Crippen molar-refractivity contribution in [3.05, 3.63) is 81.9 Å². The van der Waals surface area contributed by atoms with Crippen molar-refractivity contribution < 1.29 is 24.2 Å². The minimum Gasteiger partial charge on any atom is -0.489 e. The Morgan fingerprint density at radius 1 is 1.11 bits per heavy atom. The number of benzene rings is 3. The number of carbonyl (C=O) groups excluding carboxylic acids is 1. The predicted octanol–water partition coefficient (Wildman–Crippen LogP) is 5.62. The number of carboxylic acid groups (broad SMARTS) is 1. The van der Waals surface area contributed by atoms with Crippen LogP contribution in [0.3, 0.4) is 0 Å². The fourth-order valence-electron chi connectivity index (χ4n) is 4.72. The van der Waals surface area contributed by atoms with E-state index >= 15 is 0 Å². The fraction of sp³-hybridized carbons (Fsp3) is 0.310. The van der Waals surface area contributed by atoms with Crippen LogP contribution in [0.25, 0.3) is 0 Å². The summed E-state index contributed by atoms with van der Waals surface area (Å²) >= 11 is 6.12. The Morgan fingerprint density at radius 2 is 1.86 bits per heavy atom. The first-order valence-electron chi connectivity index (χ1n) is 12.4. The van der Waals surface area contributed by atoms with Crippen LogP contribution in [-0.4, -0.2) is 43.3 Å². The number of ether oxygens (including phenoxy) is 2. The average molecular weight is 523 g/mol. The molecular formula is C29H31ClN2O5. The number of likely N-dealkylation sites (N-methyl/N-ethyl adjacent to an activating group) is 1. The van der Waals surface area contributed by atoms with E-state index in [-0.39, 0.29) is 18.4 Å². The Labute approximate surface area is 222 Å². The highest BCUT2D eigenvalue weighted by Gasteiger charge is 2.25. The van der Waals surface area contributed by atoms with Gasteiger partial charge in [0.25, 0.3) is 5.91 Å². The molecule has 0 bridgehead atoms. The van der Waals surface area contributed by atoms with E-state index in [2.05, 4.69) is 10.2 Å². The third kappa shape index (κ3) is 6.00. The highest BCUT2D eigenvalue weighted by Crippen LogP contribution is 2.33. The van der Waals surface area contributed by atoms with Gasteiger partial charge in [0.05, 0.1) is 18.7 Å². The third-order valence-electron chi connectivity index (χ3n) is 6.46. The van der Waals surface area contributed by atoms with Crippen LogP contribution in [0.2, 0.25) is 5.02 Å². The van der Waals surface area contributed by atoms with E-state index in [9.17, 15) is 9.59 Å². The Kier molecular flexibility index (Phi) is 8.24. The number of amides is 1. The van der Waals surface area contributed by atoms with Gasteiger partial charge in [-0.3, -0.25) is 9.59 Å². The smallest absolute Gasteiger partial charge is 0.307 e. The van der Waals surface area contributed by atoms with Gasteiger partial charge in [-0.25, -0.2) is 0 Å². The fourth-order valence-corrected chi connectivity index (χ4v) is 4.91. The van der Waals surface area contributed by atoms with Gasteiger partial charge in [0.2, 0.25) is 0 Å². The summed E-state index contributed by atoms with van der Waals surface area (Å²) in [5.41, 5.74) is 4.46. The van der Waals surface area contributed by atoms with Crippen LogP contribution in [0.1, 0.15) is 40.9 Å². The number of anilines is 2. The highest BCUT2D eigenvalue weighted by molar-refractivity contribution is 6.31. The molecule has 0 fully saturated rings. The molecule has 1 aliphatic heterocycles. The van der Waals surface area contributed by atoms with Crippen molar-refractivity contribution in [1.82, 2.24) is 0 Å². The van der Waals surface area contributed by atoms with Crippen molar-refractivity contribution in [1.29, 1.82) is 0 Å². The molecule has 37 heavy (non-hydrogen) atoms. The van der Waals surface area contributed by atoms with Crippen molar-refractivity contribution in [2.24, 2.45) is 0 Å². The van der Waals surface area contributed by atoms with Crippen molar-refractivity contribution in [3.63, 3.8) is 0 Å². The molecular weight excluding hydrogens is 492 g/mol. The zero-order valence-electron chi connectivity index (χ0n) is 21.2. The molecule has 0 unspecified atom stereocenters. The SMILES string of the molecule is CCc1c(OC[C@@H]2CN(C)c3ccccc3O2)ccc(C(=O)Nc2ccc(Cl)c(CC(=O)O)c2)c1CC. The molecule has 0 aromatic heterocycles. The molecule has 2 N–H and O–H groups in total. The Bertz CT molecular complexity index is 1310. The molecule has 0 saturated heterocycles. The lowest BCUT2D eigenvalue weighted by molar-refractivity contribution is -0.136. The molecule has 1 heterocycles. The first-order valence-corrected chi connectivity index (χ1v) is 12.7. The van der Waals surface area contributed by atoms with Gasteiger partial charge in [-0.1, -0.05) is 37.6 Å². The van der Waals surface area contributed by atoms with Crippen molar-refractivity contribution in [2.75, 3.05) is 30.4 Å². The topological polar surface area (TPSA) is 88.1 Å². The maximum Gasteiger partial charge on any atom is 0.307 e. The van der Waals surface area contributed by atoms with Crippen LogP contribution in [0.4, 0.5) is 11.4 Å². The molecule has 4 rings (SSSR count). The lowest BCUT2D eigenvalue weighted by atomic mass is 9.95. The second-order valence-electron chi connectivity index (χ2n) is 9.01. The number of halogens is 1. The number of aliphatic carboxylic acids is 1. The molecule has 0 saturated carbocycles. The number of carboxylic acids is 1. The van der Waals surface area contributed by atoms with Gasteiger partial charge in [-0.15, -0.1) is 0 Å². The summed E-state index contributed by atoms with van der Waals surface area (Å²) in [4.78, 5) is 26.5. The predicted molar refractivity (Wildman–Crippen MR) is 146 cm³/mol. The van der Waals surface area contributed by atoms with Crippen LogP contribution in [0, 0.1) is 0 Å². The first kappa shape index (κ1) is 26.4. The molecule has 1 aliphatic rings. The second kappa shape index (κ2) is 11.6.